The van der Waals surface area contributed by atoms with Gasteiger partial charge in [0.05, 0.1) is 30.4 Å². The third-order valence-corrected chi connectivity index (χ3v) is 4.75. The van der Waals surface area contributed by atoms with Gasteiger partial charge in [-0.3, -0.25) is 14.6 Å². The second-order valence-electron chi connectivity index (χ2n) is 6.63. The molecule has 0 atom stereocenters. The van der Waals surface area contributed by atoms with Crippen LogP contribution in [-0.2, 0) is 6.54 Å². The number of ether oxygens (including phenoxy) is 1. The number of hydrogen-bond donors (Lipinski definition) is 0. The van der Waals surface area contributed by atoms with Gasteiger partial charge >= 0.3 is 0 Å². The van der Waals surface area contributed by atoms with Crippen molar-refractivity contribution in [2.24, 2.45) is 0 Å². The van der Waals surface area contributed by atoms with Crippen molar-refractivity contribution in [3.63, 3.8) is 0 Å². The summed E-state index contributed by atoms with van der Waals surface area (Å²) in [7, 11) is 7.35. The molecule has 5 nitrogen and oxygen atoms in total. The maximum atomic E-state index is 13.1. The van der Waals surface area contributed by atoms with Crippen LogP contribution in [0.5, 0.6) is 5.75 Å². The van der Waals surface area contributed by atoms with E-state index in [2.05, 4.69) is 4.98 Å². The van der Waals surface area contributed by atoms with E-state index in [0.717, 1.165) is 11.2 Å². The molecule has 2 aromatic carbocycles. The SMILES string of the molecule is [B]c1cccc(Cn2cc(C(=O)c3ccc(OC)cc3)c(=O)c3ccccc32)n1. The Labute approximate surface area is 169 Å². The fraction of sp³-hybridized carbons (Fsp3) is 0.0870. The van der Waals surface area contributed by atoms with Crippen molar-refractivity contribution in [3.8, 4) is 5.75 Å². The number of ketones is 1. The van der Waals surface area contributed by atoms with E-state index in [0.29, 0.717) is 28.8 Å². The smallest absolute Gasteiger partial charge is 0.200 e. The second-order valence-corrected chi connectivity index (χ2v) is 6.63. The summed E-state index contributed by atoms with van der Waals surface area (Å²) in [4.78, 5) is 30.4. The highest BCUT2D eigenvalue weighted by atomic mass is 16.5. The predicted molar refractivity (Wildman–Crippen MR) is 113 cm³/mol. The van der Waals surface area contributed by atoms with Gasteiger partial charge in [0.2, 0.25) is 5.43 Å². The first kappa shape index (κ1) is 18.7. The van der Waals surface area contributed by atoms with Crippen molar-refractivity contribution in [1.82, 2.24) is 9.55 Å². The lowest BCUT2D eigenvalue weighted by atomic mass is 10.0. The van der Waals surface area contributed by atoms with Crippen LogP contribution in [0, 0.1) is 0 Å². The Kier molecular flexibility index (Phi) is 5.00. The van der Waals surface area contributed by atoms with E-state index < -0.39 is 0 Å². The topological polar surface area (TPSA) is 61.2 Å². The number of methoxy groups -OCH3 is 1. The first-order valence-electron chi connectivity index (χ1n) is 9.09. The largest absolute Gasteiger partial charge is 0.497 e. The molecule has 0 aliphatic heterocycles. The summed E-state index contributed by atoms with van der Waals surface area (Å²) in [6.07, 6.45) is 1.60. The molecule has 2 aromatic heterocycles. The van der Waals surface area contributed by atoms with Gasteiger partial charge in [-0.05, 0) is 48.1 Å². The maximum absolute atomic E-state index is 13.1. The van der Waals surface area contributed by atoms with Crippen LogP contribution in [-0.4, -0.2) is 30.3 Å². The van der Waals surface area contributed by atoms with E-state index in [9.17, 15) is 9.59 Å². The lowest BCUT2D eigenvalue weighted by molar-refractivity contribution is 0.103. The van der Waals surface area contributed by atoms with Gasteiger partial charge in [0, 0.05) is 17.1 Å². The zero-order valence-corrected chi connectivity index (χ0v) is 15.8. The van der Waals surface area contributed by atoms with Crippen LogP contribution in [0.25, 0.3) is 10.9 Å². The van der Waals surface area contributed by atoms with Crippen LogP contribution in [0.2, 0.25) is 0 Å². The Balaban J connectivity index is 1.84. The normalized spacial score (nSPS) is 10.8. The van der Waals surface area contributed by atoms with Gasteiger partial charge in [-0.2, -0.15) is 0 Å². The van der Waals surface area contributed by atoms with Gasteiger partial charge in [0.15, 0.2) is 5.78 Å². The summed E-state index contributed by atoms with van der Waals surface area (Å²) in [6, 6.07) is 19.3. The molecule has 0 saturated carbocycles. The van der Waals surface area contributed by atoms with Crippen LogP contribution < -0.4 is 15.8 Å². The van der Waals surface area contributed by atoms with E-state index in [1.807, 2.05) is 28.8 Å². The molecule has 0 aliphatic rings. The number of rotatable bonds is 5. The molecule has 0 fully saturated rings. The fourth-order valence-electron chi connectivity index (χ4n) is 3.30. The second kappa shape index (κ2) is 7.76. The molecule has 29 heavy (non-hydrogen) atoms. The molecule has 140 valence electrons. The number of benzene rings is 2. The van der Waals surface area contributed by atoms with Crippen LogP contribution in [0.15, 0.2) is 77.7 Å². The summed E-state index contributed by atoms with van der Waals surface area (Å²) in [5.74, 6) is 0.308. The molecule has 4 rings (SSSR count). The third-order valence-electron chi connectivity index (χ3n) is 4.75. The van der Waals surface area contributed by atoms with Gasteiger partial charge in [-0.25, -0.2) is 0 Å². The number of carbonyl (C=O) groups is 1. The minimum atomic E-state index is -0.335. The highest BCUT2D eigenvalue weighted by Gasteiger charge is 2.17. The van der Waals surface area contributed by atoms with Gasteiger partial charge in [0.25, 0.3) is 0 Å². The number of para-hydroxylation sites is 1. The molecule has 6 heteroatoms. The van der Waals surface area contributed by atoms with Crippen LogP contribution in [0.3, 0.4) is 0 Å². The Morgan fingerprint density at radius 1 is 1.03 bits per heavy atom. The number of aromatic nitrogens is 2. The van der Waals surface area contributed by atoms with Gasteiger partial charge in [0.1, 0.15) is 13.6 Å². The third kappa shape index (κ3) is 3.69. The molecule has 2 heterocycles. The first-order valence-corrected chi connectivity index (χ1v) is 9.09. The highest BCUT2D eigenvalue weighted by Crippen LogP contribution is 2.17. The lowest BCUT2D eigenvalue weighted by Crippen LogP contribution is -2.21. The molecular formula is C23H17BN2O3. The van der Waals surface area contributed by atoms with Crippen molar-refractivity contribution in [1.29, 1.82) is 0 Å². The van der Waals surface area contributed by atoms with Crippen molar-refractivity contribution in [3.05, 3.63) is 100.0 Å². The Morgan fingerprint density at radius 2 is 1.79 bits per heavy atom. The van der Waals surface area contributed by atoms with Crippen molar-refractivity contribution in [2.45, 2.75) is 6.54 Å². The molecule has 0 amide bonds. The summed E-state index contributed by atoms with van der Waals surface area (Å²) in [6.45, 7) is 0.384. The lowest BCUT2D eigenvalue weighted by Gasteiger charge is -2.13. The minimum Gasteiger partial charge on any atom is -0.497 e. The molecule has 0 aliphatic carbocycles. The summed E-state index contributed by atoms with van der Waals surface area (Å²) >= 11 is 0. The molecule has 4 aromatic rings. The van der Waals surface area contributed by atoms with E-state index >= 15 is 0 Å². The van der Waals surface area contributed by atoms with Gasteiger partial charge < -0.3 is 9.30 Å². The number of hydrogen-bond acceptors (Lipinski definition) is 4. The number of fused-ring (bicyclic) bond motifs is 1. The van der Waals surface area contributed by atoms with E-state index in [1.165, 1.54) is 0 Å². The van der Waals surface area contributed by atoms with Crippen LogP contribution in [0.1, 0.15) is 21.6 Å². The van der Waals surface area contributed by atoms with E-state index in [-0.39, 0.29) is 16.8 Å². The molecule has 0 N–H and O–H groups in total. The standard InChI is InChI=1S/C23H17BN2O3/c1-29-17-11-9-15(10-12-17)22(27)19-14-26(13-16-5-4-8-21(24)25-16)20-7-3-2-6-18(20)23(19)28/h2-12,14H,13H2,1H3. The average molecular weight is 380 g/mol. The quantitative estimate of drug-likeness (QED) is 0.394. The maximum Gasteiger partial charge on any atom is 0.200 e. The van der Waals surface area contributed by atoms with Crippen molar-refractivity contribution in [2.75, 3.05) is 7.11 Å². The molecule has 0 bridgehead atoms. The van der Waals surface area contributed by atoms with Gasteiger partial charge in [-0.1, -0.05) is 24.3 Å². The van der Waals surface area contributed by atoms with Crippen molar-refractivity contribution >= 4 is 30.1 Å². The van der Waals surface area contributed by atoms with E-state index in [1.54, 1.807) is 55.8 Å². The number of nitrogens with zero attached hydrogens (tertiary/aromatic N) is 2. The Morgan fingerprint density at radius 3 is 2.52 bits per heavy atom. The first-order chi connectivity index (χ1) is 14.1. The summed E-state index contributed by atoms with van der Waals surface area (Å²) in [5, 5.41) is 0.482. The van der Waals surface area contributed by atoms with Crippen LogP contribution >= 0.6 is 0 Å². The van der Waals surface area contributed by atoms with Crippen LogP contribution in [0.4, 0.5) is 0 Å². The Hall–Kier alpha value is -3.67. The number of pyridine rings is 2. The van der Waals surface area contributed by atoms with Gasteiger partial charge in [-0.15, -0.1) is 0 Å². The Bertz CT molecular complexity index is 1260. The monoisotopic (exact) mass is 380 g/mol. The molecule has 0 spiro atoms. The van der Waals surface area contributed by atoms with Crippen molar-refractivity contribution < 1.29 is 9.53 Å². The molecule has 0 saturated heterocycles. The molecule has 0 unspecified atom stereocenters. The fourth-order valence-corrected chi connectivity index (χ4v) is 3.30. The van der Waals surface area contributed by atoms with E-state index in [4.69, 9.17) is 12.6 Å². The molecular weight excluding hydrogens is 363 g/mol. The summed E-state index contributed by atoms with van der Waals surface area (Å²) < 4.78 is 6.99. The minimum absolute atomic E-state index is 0.109. The highest BCUT2D eigenvalue weighted by molar-refractivity contribution is 6.30. The zero-order valence-electron chi connectivity index (χ0n) is 15.8. The zero-order chi connectivity index (χ0) is 20.4. The number of carbonyl (C=O) groups excluding carboxylic acids is 1. The predicted octanol–water partition coefficient (Wildman–Crippen LogP) is 2.48. The molecule has 2 radical (unpaired) electrons. The average Bonchev–Trinajstić information content (AvgIpc) is 2.75. The summed E-state index contributed by atoms with van der Waals surface area (Å²) in [5.41, 5.74) is 2.12.